The molecule has 6 heteroatoms. The van der Waals surface area contributed by atoms with Crippen LogP contribution in [0.3, 0.4) is 0 Å². The van der Waals surface area contributed by atoms with E-state index >= 15 is 0 Å². The third-order valence-electron chi connectivity index (χ3n) is 4.25. The van der Waals surface area contributed by atoms with Crippen molar-refractivity contribution in [1.29, 1.82) is 5.26 Å². The van der Waals surface area contributed by atoms with Gasteiger partial charge in [-0.25, -0.2) is 4.98 Å². The van der Waals surface area contributed by atoms with Crippen LogP contribution in [0.1, 0.15) is 42.0 Å². The van der Waals surface area contributed by atoms with Crippen LogP contribution in [0.5, 0.6) is 0 Å². The monoisotopic (exact) mass is 315 g/mol. The summed E-state index contributed by atoms with van der Waals surface area (Å²) in [6.07, 6.45) is 8.90. The average molecular weight is 316 g/mol. The number of nitrogens with zero attached hydrogens (tertiary/aromatic N) is 5. The van der Waals surface area contributed by atoms with E-state index in [4.69, 9.17) is 11.6 Å². The Hall–Kier alpha value is -2.06. The van der Waals surface area contributed by atoms with Crippen LogP contribution in [0.2, 0.25) is 5.02 Å². The summed E-state index contributed by atoms with van der Waals surface area (Å²) in [5.41, 5.74) is 2.54. The number of pyridine rings is 1. The molecule has 0 bridgehead atoms. The summed E-state index contributed by atoms with van der Waals surface area (Å²) in [6.45, 7) is 2.76. The molecule has 1 fully saturated rings. The Morgan fingerprint density at radius 2 is 2.18 bits per heavy atom. The van der Waals surface area contributed by atoms with Crippen molar-refractivity contribution in [2.45, 2.75) is 32.2 Å². The Kier molecular flexibility index (Phi) is 4.04. The highest BCUT2D eigenvalue weighted by Crippen LogP contribution is 2.37. The van der Waals surface area contributed by atoms with E-state index in [-0.39, 0.29) is 6.04 Å². The van der Waals surface area contributed by atoms with E-state index in [9.17, 15) is 5.26 Å². The molecular formula is C16H18ClN5. The minimum Gasteiger partial charge on any atom is -0.348 e. The number of nitriles is 1. The number of aromatic nitrogens is 3. The minimum atomic E-state index is 0.211. The molecule has 2 aromatic heterocycles. The fourth-order valence-corrected chi connectivity index (χ4v) is 3.21. The summed E-state index contributed by atoms with van der Waals surface area (Å²) in [7, 11) is 1.92. The van der Waals surface area contributed by atoms with Gasteiger partial charge in [0, 0.05) is 31.5 Å². The highest BCUT2D eigenvalue weighted by Gasteiger charge is 2.28. The fraction of sp³-hybridized carbons (Fsp3) is 0.438. The van der Waals surface area contributed by atoms with Crippen LogP contribution in [0.4, 0.5) is 5.82 Å². The first-order valence-electron chi connectivity index (χ1n) is 7.42. The molecule has 0 aromatic carbocycles. The van der Waals surface area contributed by atoms with Gasteiger partial charge < -0.3 is 4.90 Å². The molecule has 1 aliphatic heterocycles. The maximum atomic E-state index is 9.52. The molecule has 3 rings (SSSR count). The lowest BCUT2D eigenvalue weighted by atomic mass is 9.96. The molecule has 2 aromatic rings. The summed E-state index contributed by atoms with van der Waals surface area (Å²) in [5, 5.41) is 14.3. The molecule has 22 heavy (non-hydrogen) atoms. The second-order valence-corrected chi connectivity index (χ2v) is 6.10. The number of hydrogen-bond donors (Lipinski definition) is 0. The molecule has 3 heterocycles. The average Bonchev–Trinajstić information content (AvgIpc) is 2.96. The summed E-state index contributed by atoms with van der Waals surface area (Å²) < 4.78 is 1.81. The zero-order valence-electron chi connectivity index (χ0n) is 12.8. The second-order valence-electron chi connectivity index (χ2n) is 5.69. The lowest BCUT2D eigenvalue weighted by molar-refractivity contribution is 0.469. The third-order valence-corrected chi connectivity index (χ3v) is 4.63. The molecular weight excluding hydrogens is 298 g/mol. The molecule has 0 spiro atoms. The second kappa shape index (κ2) is 5.98. The smallest absolute Gasteiger partial charge is 0.147 e. The molecule has 1 atom stereocenters. The molecule has 0 amide bonds. The quantitative estimate of drug-likeness (QED) is 0.852. The Morgan fingerprint density at radius 1 is 1.36 bits per heavy atom. The van der Waals surface area contributed by atoms with Gasteiger partial charge in [0.15, 0.2) is 0 Å². The van der Waals surface area contributed by atoms with E-state index in [2.05, 4.69) is 21.1 Å². The van der Waals surface area contributed by atoms with Gasteiger partial charge in [-0.2, -0.15) is 10.4 Å². The first kappa shape index (κ1) is 14.9. The van der Waals surface area contributed by atoms with Gasteiger partial charge >= 0.3 is 0 Å². The molecule has 0 aliphatic carbocycles. The van der Waals surface area contributed by atoms with Gasteiger partial charge in [-0.15, -0.1) is 0 Å². The van der Waals surface area contributed by atoms with Crippen molar-refractivity contribution >= 4 is 17.4 Å². The highest BCUT2D eigenvalue weighted by molar-refractivity contribution is 6.31. The molecule has 1 aliphatic rings. The Bertz CT molecular complexity index is 731. The van der Waals surface area contributed by atoms with Crippen LogP contribution in [-0.4, -0.2) is 21.3 Å². The summed E-state index contributed by atoms with van der Waals surface area (Å²) in [4.78, 5) is 6.68. The predicted molar refractivity (Wildman–Crippen MR) is 85.8 cm³/mol. The number of rotatable bonds is 2. The van der Waals surface area contributed by atoms with Crippen molar-refractivity contribution in [3.8, 4) is 6.07 Å². The van der Waals surface area contributed by atoms with Crippen LogP contribution >= 0.6 is 11.6 Å². The van der Waals surface area contributed by atoms with E-state index in [1.165, 1.54) is 12.0 Å². The fourth-order valence-electron chi connectivity index (χ4n) is 3.06. The highest BCUT2D eigenvalue weighted by atomic mass is 35.5. The molecule has 0 radical (unpaired) electrons. The van der Waals surface area contributed by atoms with Gasteiger partial charge in [0.25, 0.3) is 0 Å². The first-order valence-corrected chi connectivity index (χ1v) is 7.80. The van der Waals surface area contributed by atoms with E-state index in [1.807, 2.05) is 31.0 Å². The van der Waals surface area contributed by atoms with E-state index < -0.39 is 0 Å². The van der Waals surface area contributed by atoms with Gasteiger partial charge in [0.1, 0.15) is 11.9 Å². The zero-order chi connectivity index (χ0) is 15.7. The number of hydrogen-bond acceptors (Lipinski definition) is 4. The number of piperidine rings is 1. The predicted octanol–water partition coefficient (Wildman–Crippen LogP) is 3.38. The number of aryl methyl sites for hydroxylation is 1. The lowest BCUT2D eigenvalue weighted by Gasteiger charge is -2.37. The van der Waals surface area contributed by atoms with Crippen LogP contribution < -0.4 is 4.90 Å². The van der Waals surface area contributed by atoms with Crippen molar-refractivity contribution in [1.82, 2.24) is 14.8 Å². The molecule has 114 valence electrons. The van der Waals surface area contributed by atoms with Crippen molar-refractivity contribution in [3.63, 3.8) is 0 Å². The number of anilines is 1. The van der Waals surface area contributed by atoms with Crippen molar-refractivity contribution in [2.24, 2.45) is 7.05 Å². The van der Waals surface area contributed by atoms with Crippen molar-refractivity contribution in [3.05, 3.63) is 40.3 Å². The van der Waals surface area contributed by atoms with Crippen LogP contribution in [-0.2, 0) is 7.05 Å². The van der Waals surface area contributed by atoms with Gasteiger partial charge in [-0.3, -0.25) is 4.68 Å². The van der Waals surface area contributed by atoms with Crippen molar-refractivity contribution < 1.29 is 0 Å². The maximum Gasteiger partial charge on any atom is 0.147 e. The SMILES string of the molecule is Cc1c(Cl)cnc(N2CCCCC2c2cnn(C)c2)c1C#N. The topological polar surface area (TPSA) is 57.7 Å². The molecule has 1 saturated heterocycles. The summed E-state index contributed by atoms with van der Waals surface area (Å²) in [5.74, 6) is 0.734. The largest absolute Gasteiger partial charge is 0.348 e. The zero-order valence-corrected chi connectivity index (χ0v) is 13.5. The number of halogens is 1. The minimum absolute atomic E-state index is 0.211. The van der Waals surface area contributed by atoms with Gasteiger partial charge in [0.2, 0.25) is 0 Å². The Morgan fingerprint density at radius 3 is 2.86 bits per heavy atom. The standard InChI is InChI=1S/C16H18ClN5/c1-11-13(7-18)16(19-9-14(11)17)22-6-4-3-5-15(22)12-8-20-21(2)10-12/h8-10,15H,3-6H2,1-2H3. The van der Waals surface area contributed by atoms with Gasteiger partial charge in [0.05, 0.1) is 22.8 Å². The van der Waals surface area contributed by atoms with Crippen LogP contribution in [0, 0.1) is 18.3 Å². The van der Waals surface area contributed by atoms with E-state index in [0.29, 0.717) is 10.6 Å². The molecule has 5 nitrogen and oxygen atoms in total. The van der Waals surface area contributed by atoms with E-state index in [1.54, 1.807) is 6.20 Å². The summed E-state index contributed by atoms with van der Waals surface area (Å²) >= 11 is 6.11. The maximum absolute atomic E-state index is 9.52. The molecule has 0 N–H and O–H groups in total. The Labute approximate surface area is 135 Å². The van der Waals surface area contributed by atoms with Gasteiger partial charge in [-0.1, -0.05) is 11.6 Å². The Balaban J connectivity index is 2.05. The van der Waals surface area contributed by atoms with Crippen molar-refractivity contribution in [2.75, 3.05) is 11.4 Å². The normalized spacial score (nSPS) is 18.3. The lowest BCUT2D eigenvalue weighted by Crippen LogP contribution is -2.34. The molecule has 0 saturated carbocycles. The summed E-state index contributed by atoms with van der Waals surface area (Å²) in [6, 6.07) is 2.48. The first-order chi connectivity index (χ1) is 10.6. The third kappa shape index (κ3) is 2.55. The van der Waals surface area contributed by atoms with E-state index in [0.717, 1.165) is 30.8 Å². The molecule has 1 unspecified atom stereocenters. The van der Waals surface area contributed by atoms with Crippen LogP contribution in [0.25, 0.3) is 0 Å². The van der Waals surface area contributed by atoms with Gasteiger partial charge in [-0.05, 0) is 31.7 Å². The van der Waals surface area contributed by atoms with Crippen LogP contribution in [0.15, 0.2) is 18.6 Å².